The molecule has 0 bridgehead atoms. The van der Waals surface area contributed by atoms with Gasteiger partial charge in [-0.3, -0.25) is 9.89 Å². The lowest BCUT2D eigenvalue weighted by Gasteiger charge is -2.09. The number of nitrogens with zero attached hydrogens (tertiary/aromatic N) is 2. The maximum Gasteiger partial charge on any atom is 0.256 e. The summed E-state index contributed by atoms with van der Waals surface area (Å²) in [5.74, 6) is 0.426. The number of amides is 1. The molecule has 2 aromatic carbocycles. The van der Waals surface area contributed by atoms with Gasteiger partial charge in [0, 0.05) is 23.5 Å². The van der Waals surface area contributed by atoms with Crippen molar-refractivity contribution in [1.29, 1.82) is 0 Å². The highest BCUT2D eigenvalue weighted by molar-refractivity contribution is 6.07. The molecule has 0 unspecified atom stereocenters. The molecule has 3 N–H and O–H groups in total. The minimum atomic E-state index is -0.164. The molecule has 0 radical (unpaired) electrons. The zero-order valence-corrected chi connectivity index (χ0v) is 15.1. The second-order valence-electron chi connectivity index (χ2n) is 6.37. The maximum absolute atomic E-state index is 12.8. The Balaban J connectivity index is 1.62. The summed E-state index contributed by atoms with van der Waals surface area (Å²) in [6.45, 7) is 3.85. The molecule has 0 saturated carbocycles. The Morgan fingerprint density at radius 3 is 2.44 bits per heavy atom. The molecule has 134 valence electrons. The zero-order chi connectivity index (χ0) is 18.8. The van der Waals surface area contributed by atoms with E-state index >= 15 is 0 Å². The van der Waals surface area contributed by atoms with E-state index in [1.165, 1.54) is 0 Å². The second kappa shape index (κ2) is 6.92. The van der Waals surface area contributed by atoms with Gasteiger partial charge in [-0.05, 0) is 25.0 Å². The number of carbonyl (C=O) groups is 1. The minimum absolute atomic E-state index is 0.164. The number of rotatable bonds is 4. The molecular formula is C21H19N5O. The first-order chi connectivity index (χ1) is 13.1. The van der Waals surface area contributed by atoms with Crippen molar-refractivity contribution in [3.63, 3.8) is 0 Å². The van der Waals surface area contributed by atoms with Gasteiger partial charge in [-0.25, -0.2) is 4.98 Å². The van der Waals surface area contributed by atoms with E-state index in [1.54, 1.807) is 6.20 Å². The van der Waals surface area contributed by atoms with Crippen molar-refractivity contribution >= 4 is 11.6 Å². The number of hydrogen-bond acceptors (Lipinski definition) is 3. The molecule has 0 aliphatic carbocycles. The third-order valence-corrected chi connectivity index (χ3v) is 4.47. The van der Waals surface area contributed by atoms with Gasteiger partial charge in [-0.15, -0.1) is 0 Å². The monoisotopic (exact) mass is 357 g/mol. The van der Waals surface area contributed by atoms with Crippen molar-refractivity contribution < 1.29 is 4.79 Å². The highest BCUT2D eigenvalue weighted by atomic mass is 16.1. The highest BCUT2D eigenvalue weighted by Crippen LogP contribution is 2.26. The fourth-order valence-corrected chi connectivity index (χ4v) is 3.12. The van der Waals surface area contributed by atoms with Gasteiger partial charge in [0.1, 0.15) is 0 Å². The highest BCUT2D eigenvalue weighted by Gasteiger charge is 2.18. The van der Waals surface area contributed by atoms with Gasteiger partial charge in [0.25, 0.3) is 5.91 Å². The zero-order valence-electron chi connectivity index (χ0n) is 15.1. The number of anilines is 1. The first-order valence-electron chi connectivity index (χ1n) is 8.66. The standard InChI is InChI=1S/C21H19N5O/c1-13-7-6-8-14(2)18(13)21(27)25-17-12-23-26-19(17)20-22-11-16(24-20)15-9-4-3-5-10-15/h3-12H,1-2H3,(H,22,24)(H,23,26)(H,25,27). The van der Waals surface area contributed by atoms with Crippen LogP contribution < -0.4 is 5.32 Å². The average molecular weight is 357 g/mol. The van der Waals surface area contributed by atoms with E-state index in [-0.39, 0.29) is 5.91 Å². The van der Waals surface area contributed by atoms with E-state index in [4.69, 9.17) is 0 Å². The van der Waals surface area contributed by atoms with Crippen LogP contribution in [0.4, 0.5) is 5.69 Å². The normalized spacial score (nSPS) is 10.7. The van der Waals surface area contributed by atoms with Crippen molar-refractivity contribution in [1.82, 2.24) is 20.2 Å². The molecule has 4 rings (SSSR count). The van der Waals surface area contributed by atoms with Crippen molar-refractivity contribution in [2.75, 3.05) is 5.32 Å². The summed E-state index contributed by atoms with van der Waals surface area (Å²) in [6.07, 6.45) is 3.49. The number of aryl methyl sites for hydroxylation is 2. The molecule has 6 nitrogen and oxygen atoms in total. The van der Waals surface area contributed by atoms with Gasteiger partial charge in [-0.2, -0.15) is 5.10 Å². The fourth-order valence-electron chi connectivity index (χ4n) is 3.12. The van der Waals surface area contributed by atoms with Crippen LogP contribution in [0.3, 0.4) is 0 Å². The molecule has 0 fully saturated rings. The SMILES string of the molecule is Cc1cccc(C)c1C(=O)Nc1c[nH]nc1-c1nc(-c2ccccc2)c[nH]1. The molecule has 4 aromatic rings. The lowest BCUT2D eigenvalue weighted by Crippen LogP contribution is -2.15. The van der Waals surface area contributed by atoms with Crippen LogP contribution in [0.2, 0.25) is 0 Å². The van der Waals surface area contributed by atoms with E-state index in [0.717, 1.165) is 22.4 Å². The first kappa shape index (κ1) is 16.8. The molecule has 0 spiro atoms. The smallest absolute Gasteiger partial charge is 0.256 e. The number of nitrogens with one attached hydrogen (secondary N) is 3. The Morgan fingerprint density at radius 2 is 1.70 bits per heavy atom. The largest absolute Gasteiger partial charge is 0.343 e. The summed E-state index contributed by atoms with van der Waals surface area (Å²) in [7, 11) is 0. The van der Waals surface area contributed by atoms with Gasteiger partial charge in [0.2, 0.25) is 0 Å². The summed E-state index contributed by atoms with van der Waals surface area (Å²) >= 11 is 0. The Labute approximate surface area is 156 Å². The quantitative estimate of drug-likeness (QED) is 0.508. The van der Waals surface area contributed by atoms with Crippen molar-refractivity contribution in [3.8, 4) is 22.8 Å². The molecule has 0 saturated heterocycles. The number of imidazole rings is 1. The van der Waals surface area contributed by atoms with Crippen LogP contribution in [-0.4, -0.2) is 26.1 Å². The van der Waals surface area contributed by atoms with Gasteiger partial charge in [0.05, 0.1) is 11.4 Å². The summed E-state index contributed by atoms with van der Waals surface area (Å²) in [4.78, 5) is 20.5. The molecule has 0 atom stereocenters. The summed E-state index contributed by atoms with van der Waals surface area (Å²) in [5.41, 5.74) is 5.52. The van der Waals surface area contributed by atoms with E-state index in [9.17, 15) is 4.79 Å². The van der Waals surface area contributed by atoms with Gasteiger partial charge < -0.3 is 10.3 Å². The number of carbonyl (C=O) groups excluding carboxylic acids is 1. The second-order valence-corrected chi connectivity index (χ2v) is 6.37. The molecule has 2 aromatic heterocycles. The van der Waals surface area contributed by atoms with Crippen LogP contribution in [0.1, 0.15) is 21.5 Å². The van der Waals surface area contributed by atoms with Crippen LogP contribution >= 0.6 is 0 Å². The fraction of sp³-hybridized carbons (Fsp3) is 0.0952. The Kier molecular flexibility index (Phi) is 4.30. The average Bonchev–Trinajstić information content (AvgIpc) is 3.31. The minimum Gasteiger partial charge on any atom is -0.343 e. The third kappa shape index (κ3) is 3.25. The van der Waals surface area contributed by atoms with Gasteiger partial charge >= 0.3 is 0 Å². The van der Waals surface area contributed by atoms with Crippen LogP contribution in [0.25, 0.3) is 22.8 Å². The van der Waals surface area contributed by atoms with Crippen LogP contribution in [0.15, 0.2) is 60.9 Å². The lowest BCUT2D eigenvalue weighted by molar-refractivity contribution is 0.102. The Bertz CT molecular complexity index is 1070. The predicted molar refractivity (Wildman–Crippen MR) is 105 cm³/mol. The maximum atomic E-state index is 12.8. The van der Waals surface area contributed by atoms with E-state index in [1.807, 2.05) is 68.6 Å². The van der Waals surface area contributed by atoms with E-state index in [2.05, 4.69) is 25.5 Å². The van der Waals surface area contributed by atoms with Gasteiger partial charge in [0.15, 0.2) is 11.5 Å². The number of aromatic amines is 2. The molecule has 0 aliphatic rings. The molecule has 2 heterocycles. The number of H-pyrrole nitrogens is 2. The Hall–Kier alpha value is -3.67. The number of aromatic nitrogens is 4. The number of hydrogen-bond donors (Lipinski definition) is 3. The van der Waals surface area contributed by atoms with Crippen LogP contribution in [0, 0.1) is 13.8 Å². The topological polar surface area (TPSA) is 86.5 Å². The van der Waals surface area contributed by atoms with E-state index in [0.29, 0.717) is 22.8 Å². The lowest BCUT2D eigenvalue weighted by atomic mass is 10.0. The van der Waals surface area contributed by atoms with Crippen molar-refractivity contribution in [2.45, 2.75) is 13.8 Å². The van der Waals surface area contributed by atoms with Gasteiger partial charge in [-0.1, -0.05) is 48.5 Å². The van der Waals surface area contributed by atoms with Crippen molar-refractivity contribution in [3.05, 3.63) is 77.6 Å². The molecule has 6 heteroatoms. The molecule has 1 amide bonds. The molecular weight excluding hydrogens is 338 g/mol. The van der Waals surface area contributed by atoms with E-state index < -0.39 is 0 Å². The summed E-state index contributed by atoms with van der Waals surface area (Å²) < 4.78 is 0. The third-order valence-electron chi connectivity index (χ3n) is 4.47. The van der Waals surface area contributed by atoms with Crippen LogP contribution in [0.5, 0.6) is 0 Å². The summed E-state index contributed by atoms with van der Waals surface area (Å²) in [5, 5.41) is 10.0. The summed E-state index contributed by atoms with van der Waals surface area (Å²) in [6, 6.07) is 15.7. The number of benzene rings is 2. The predicted octanol–water partition coefficient (Wildman–Crippen LogP) is 4.34. The Morgan fingerprint density at radius 1 is 0.963 bits per heavy atom. The van der Waals surface area contributed by atoms with Crippen molar-refractivity contribution in [2.24, 2.45) is 0 Å². The first-order valence-corrected chi connectivity index (χ1v) is 8.66. The molecule has 0 aliphatic heterocycles. The molecule has 27 heavy (non-hydrogen) atoms. The van der Waals surface area contributed by atoms with Crippen LogP contribution in [-0.2, 0) is 0 Å².